The summed E-state index contributed by atoms with van der Waals surface area (Å²) in [6, 6.07) is 2.00. The minimum Gasteiger partial charge on any atom is -0.384 e. The molecule has 2 rings (SSSR count). The van der Waals surface area contributed by atoms with Gasteiger partial charge < -0.3 is 20.7 Å². The van der Waals surface area contributed by atoms with E-state index >= 15 is 0 Å². The van der Waals surface area contributed by atoms with Crippen LogP contribution in [-0.2, 0) is 4.74 Å². The van der Waals surface area contributed by atoms with Crippen molar-refractivity contribution < 1.29 is 4.74 Å². The number of unbranched alkanes of at least 4 members (excludes halogenated alkanes) is 1. The van der Waals surface area contributed by atoms with E-state index in [4.69, 9.17) is 10.5 Å². The Labute approximate surface area is 127 Å². The topological polar surface area (TPSA) is 76.3 Å². The SMILES string of the molecule is CCCCNc1cc(N2CCC[C@H](COC)C2)nc(N)n1. The summed E-state index contributed by atoms with van der Waals surface area (Å²) in [4.78, 5) is 10.9. The van der Waals surface area contributed by atoms with E-state index in [-0.39, 0.29) is 0 Å². The second-order valence-corrected chi connectivity index (χ2v) is 5.66. The average molecular weight is 293 g/mol. The first-order valence-corrected chi connectivity index (χ1v) is 7.85. The monoisotopic (exact) mass is 293 g/mol. The highest BCUT2D eigenvalue weighted by molar-refractivity contribution is 5.52. The summed E-state index contributed by atoms with van der Waals surface area (Å²) in [6.45, 7) is 5.88. The van der Waals surface area contributed by atoms with Crippen LogP contribution in [0.1, 0.15) is 32.6 Å². The zero-order valence-corrected chi connectivity index (χ0v) is 13.1. The second kappa shape index (κ2) is 8.02. The predicted octanol–water partition coefficient (Wildman–Crippen LogP) is 2.13. The molecule has 2 heterocycles. The van der Waals surface area contributed by atoms with E-state index in [2.05, 4.69) is 27.1 Å². The maximum absolute atomic E-state index is 5.85. The third-order valence-corrected chi connectivity index (χ3v) is 3.81. The van der Waals surface area contributed by atoms with Gasteiger partial charge in [0.2, 0.25) is 5.95 Å². The summed E-state index contributed by atoms with van der Waals surface area (Å²) >= 11 is 0. The zero-order chi connectivity index (χ0) is 15.1. The minimum absolute atomic E-state index is 0.334. The molecule has 3 N–H and O–H groups in total. The van der Waals surface area contributed by atoms with Crippen molar-refractivity contribution in [3.05, 3.63) is 6.07 Å². The Bertz CT molecular complexity index is 438. The van der Waals surface area contributed by atoms with Crippen LogP contribution in [0.4, 0.5) is 17.6 Å². The molecule has 0 radical (unpaired) electrons. The first-order valence-electron chi connectivity index (χ1n) is 7.85. The van der Waals surface area contributed by atoms with Gasteiger partial charge in [0.15, 0.2) is 0 Å². The molecule has 0 saturated carbocycles. The highest BCUT2D eigenvalue weighted by Crippen LogP contribution is 2.24. The minimum atomic E-state index is 0.334. The number of aromatic nitrogens is 2. The predicted molar refractivity (Wildman–Crippen MR) is 86.7 cm³/mol. The van der Waals surface area contributed by atoms with Crippen molar-refractivity contribution in [1.29, 1.82) is 0 Å². The van der Waals surface area contributed by atoms with Crippen LogP contribution in [0.5, 0.6) is 0 Å². The van der Waals surface area contributed by atoms with Crippen molar-refractivity contribution in [3.63, 3.8) is 0 Å². The van der Waals surface area contributed by atoms with Gasteiger partial charge in [-0.2, -0.15) is 9.97 Å². The van der Waals surface area contributed by atoms with Gasteiger partial charge >= 0.3 is 0 Å². The fourth-order valence-electron chi connectivity index (χ4n) is 2.74. The molecule has 0 aliphatic carbocycles. The number of hydrogen-bond acceptors (Lipinski definition) is 6. The Morgan fingerprint density at radius 1 is 1.48 bits per heavy atom. The molecular formula is C15H27N5O. The first-order chi connectivity index (χ1) is 10.2. The van der Waals surface area contributed by atoms with Gasteiger partial charge in [0, 0.05) is 32.8 Å². The van der Waals surface area contributed by atoms with E-state index in [1.165, 1.54) is 6.42 Å². The number of nitrogens with zero attached hydrogens (tertiary/aromatic N) is 3. The summed E-state index contributed by atoms with van der Waals surface area (Å²) < 4.78 is 5.28. The van der Waals surface area contributed by atoms with E-state index in [9.17, 15) is 0 Å². The number of hydrogen-bond donors (Lipinski definition) is 2. The lowest BCUT2D eigenvalue weighted by Crippen LogP contribution is -2.37. The van der Waals surface area contributed by atoms with Crippen molar-refractivity contribution in [1.82, 2.24) is 9.97 Å². The molecular weight excluding hydrogens is 266 g/mol. The van der Waals surface area contributed by atoms with Crippen LogP contribution in [0.3, 0.4) is 0 Å². The number of nitrogen functional groups attached to an aromatic ring is 1. The van der Waals surface area contributed by atoms with Crippen molar-refractivity contribution in [2.24, 2.45) is 5.92 Å². The quantitative estimate of drug-likeness (QED) is 0.750. The molecule has 6 heteroatoms. The number of anilines is 3. The largest absolute Gasteiger partial charge is 0.384 e. The third kappa shape index (κ3) is 4.74. The molecule has 0 aromatic carbocycles. The van der Waals surface area contributed by atoms with Gasteiger partial charge in [-0.1, -0.05) is 13.3 Å². The number of nitrogens with two attached hydrogens (primary N) is 1. The molecule has 1 atom stereocenters. The van der Waals surface area contributed by atoms with Gasteiger partial charge in [0.1, 0.15) is 11.6 Å². The Kier molecular flexibility index (Phi) is 6.04. The lowest BCUT2D eigenvalue weighted by Gasteiger charge is -2.33. The normalized spacial score (nSPS) is 18.8. The van der Waals surface area contributed by atoms with Gasteiger partial charge in [-0.25, -0.2) is 0 Å². The number of ether oxygens (including phenoxy) is 1. The molecule has 0 unspecified atom stereocenters. The molecule has 0 bridgehead atoms. The summed E-state index contributed by atoms with van der Waals surface area (Å²) in [6.07, 6.45) is 4.66. The summed E-state index contributed by atoms with van der Waals surface area (Å²) in [5.41, 5.74) is 5.85. The highest BCUT2D eigenvalue weighted by atomic mass is 16.5. The fourth-order valence-corrected chi connectivity index (χ4v) is 2.74. The van der Waals surface area contributed by atoms with Gasteiger partial charge in [-0.3, -0.25) is 0 Å². The molecule has 1 aliphatic rings. The Hall–Kier alpha value is -1.56. The third-order valence-electron chi connectivity index (χ3n) is 3.81. The molecule has 0 spiro atoms. The molecule has 1 aromatic heterocycles. The zero-order valence-electron chi connectivity index (χ0n) is 13.1. The van der Waals surface area contributed by atoms with E-state index in [1.807, 2.05) is 6.07 Å². The lowest BCUT2D eigenvalue weighted by molar-refractivity contribution is 0.143. The molecule has 1 aliphatic heterocycles. The maximum atomic E-state index is 5.85. The molecule has 1 aromatic rings. The number of nitrogens with one attached hydrogen (secondary N) is 1. The smallest absolute Gasteiger partial charge is 0.223 e. The van der Waals surface area contributed by atoms with Gasteiger partial charge in [-0.05, 0) is 25.2 Å². The second-order valence-electron chi connectivity index (χ2n) is 5.66. The molecule has 118 valence electrons. The average Bonchev–Trinajstić information content (AvgIpc) is 2.48. The van der Waals surface area contributed by atoms with Crippen molar-refractivity contribution in [2.75, 3.05) is 49.3 Å². The molecule has 1 fully saturated rings. The van der Waals surface area contributed by atoms with Gasteiger partial charge in [-0.15, -0.1) is 0 Å². The van der Waals surface area contributed by atoms with Crippen LogP contribution in [0.2, 0.25) is 0 Å². The highest BCUT2D eigenvalue weighted by Gasteiger charge is 2.21. The van der Waals surface area contributed by atoms with Crippen molar-refractivity contribution in [3.8, 4) is 0 Å². The summed E-state index contributed by atoms with van der Waals surface area (Å²) in [7, 11) is 1.76. The Balaban J connectivity index is 2.04. The van der Waals surface area contributed by atoms with E-state index in [0.29, 0.717) is 11.9 Å². The molecule has 21 heavy (non-hydrogen) atoms. The van der Waals surface area contributed by atoms with E-state index in [1.54, 1.807) is 7.11 Å². The Morgan fingerprint density at radius 3 is 3.10 bits per heavy atom. The lowest BCUT2D eigenvalue weighted by atomic mass is 9.99. The van der Waals surface area contributed by atoms with Crippen LogP contribution < -0.4 is 16.0 Å². The van der Waals surface area contributed by atoms with Gasteiger partial charge in [0.25, 0.3) is 0 Å². The summed E-state index contributed by atoms with van der Waals surface area (Å²) in [5.74, 6) is 2.64. The standard InChI is InChI=1S/C15H27N5O/c1-3-4-7-17-13-9-14(19-15(16)18-13)20-8-5-6-12(10-20)11-21-2/h9,12H,3-8,10-11H2,1-2H3,(H3,16,17,18,19)/t12-/m0/s1. The van der Waals surface area contributed by atoms with Crippen molar-refractivity contribution >= 4 is 17.6 Å². The first kappa shape index (κ1) is 15.8. The number of methoxy groups -OCH3 is 1. The van der Waals surface area contributed by atoms with Crippen LogP contribution in [0.25, 0.3) is 0 Å². The van der Waals surface area contributed by atoms with E-state index < -0.39 is 0 Å². The van der Waals surface area contributed by atoms with Crippen LogP contribution in [-0.4, -0.2) is 43.3 Å². The fraction of sp³-hybridized carbons (Fsp3) is 0.733. The van der Waals surface area contributed by atoms with Crippen LogP contribution in [0.15, 0.2) is 6.07 Å². The maximum Gasteiger partial charge on any atom is 0.223 e. The van der Waals surface area contributed by atoms with Gasteiger partial charge in [0.05, 0.1) is 6.61 Å². The van der Waals surface area contributed by atoms with Crippen LogP contribution >= 0.6 is 0 Å². The summed E-state index contributed by atoms with van der Waals surface area (Å²) in [5, 5.41) is 3.32. The van der Waals surface area contributed by atoms with E-state index in [0.717, 1.165) is 57.1 Å². The molecule has 6 nitrogen and oxygen atoms in total. The van der Waals surface area contributed by atoms with Crippen LogP contribution in [0, 0.1) is 5.92 Å². The number of rotatable bonds is 7. The molecule has 0 amide bonds. The number of piperidine rings is 1. The van der Waals surface area contributed by atoms with Crippen molar-refractivity contribution in [2.45, 2.75) is 32.6 Å². The molecule has 1 saturated heterocycles. The Morgan fingerprint density at radius 2 is 2.33 bits per heavy atom.